The van der Waals surface area contributed by atoms with E-state index < -0.39 is 0 Å². The zero-order valence-corrected chi connectivity index (χ0v) is 13.9. The molecule has 0 amide bonds. The third-order valence-corrected chi connectivity index (χ3v) is 3.82. The van der Waals surface area contributed by atoms with Crippen LogP contribution in [0.25, 0.3) is 0 Å². The van der Waals surface area contributed by atoms with Crippen LogP contribution in [0.3, 0.4) is 0 Å². The first-order chi connectivity index (χ1) is 11.7. The van der Waals surface area contributed by atoms with E-state index in [0.717, 1.165) is 12.4 Å². The summed E-state index contributed by atoms with van der Waals surface area (Å²) < 4.78 is 0. The van der Waals surface area contributed by atoms with E-state index in [4.69, 9.17) is 0 Å². The molecule has 0 radical (unpaired) electrons. The van der Waals surface area contributed by atoms with Crippen LogP contribution < -0.4 is 10.2 Å². The SMILES string of the molecule is CC(Nc1cnnc(N(C)Cc2ccccc2)n1)c1ccccc1. The highest BCUT2D eigenvalue weighted by molar-refractivity contribution is 5.41. The Hall–Kier alpha value is -2.95. The molecule has 122 valence electrons. The van der Waals surface area contributed by atoms with Gasteiger partial charge in [-0.05, 0) is 18.1 Å². The minimum atomic E-state index is 0.148. The lowest BCUT2D eigenvalue weighted by Gasteiger charge is -2.19. The Morgan fingerprint density at radius 2 is 1.67 bits per heavy atom. The third kappa shape index (κ3) is 4.07. The first-order valence-electron chi connectivity index (χ1n) is 7.98. The van der Waals surface area contributed by atoms with Gasteiger partial charge in [-0.3, -0.25) is 0 Å². The summed E-state index contributed by atoms with van der Waals surface area (Å²) >= 11 is 0. The number of nitrogens with one attached hydrogen (secondary N) is 1. The van der Waals surface area contributed by atoms with Crippen LogP contribution in [0.2, 0.25) is 0 Å². The molecule has 1 aromatic heterocycles. The molecule has 0 aliphatic heterocycles. The van der Waals surface area contributed by atoms with E-state index in [-0.39, 0.29) is 6.04 Å². The van der Waals surface area contributed by atoms with Crippen molar-refractivity contribution in [3.05, 3.63) is 78.0 Å². The minimum absolute atomic E-state index is 0.148. The molecule has 1 atom stereocenters. The summed E-state index contributed by atoms with van der Waals surface area (Å²) in [5.74, 6) is 1.32. The quantitative estimate of drug-likeness (QED) is 0.751. The monoisotopic (exact) mass is 319 g/mol. The van der Waals surface area contributed by atoms with Crippen LogP contribution in [0.15, 0.2) is 66.9 Å². The van der Waals surface area contributed by atoms with E-state index in [2.05, 4.69) is 51.7 Å². The van der Waals surface area contributed by atoms with E-state index in [1.807, 2.05) is 48.3 Å². The van der Waals surface area contributed by atoms with E-state index >= 15 is 0 Å². The molecule has 3 rings (SSSR count). The Morgan fingerprint density at radius 1 is 1.00 bits per heavy atom. The summed E-state index contributed by atoms with van der Waals surface area (Å²) in [7, 11) is 1.97. The van der Waals surface area contributed by atoms with Gasteiger partial charge in [0.25, 0.3) is 0 Å². The number of rotatable bonds is 6. The van der Waals surface area contributed by atoms with Gasteiger partial charge in [-0.1, -0.05) is 60.7 Å². The van der Waals surface area contributed by atoms with Gasteiger partial charge in [0, 0.05) is 19.6 Å². The second-order valence-electron chi connectivity index (χ2n) is 5.76. The van der Waals surface area contributed by atoms with E-state index in [9.17, 15) is 0 Å². The van der Waals surface area contributed by atoms with Crippen molar-refractivity contribution < 1.29 is 0 Å². The fourth-order valence-corrected chi connectivity index (χ4v) is 2.50. The molecule has 0 bridgehead atoms. The van der Waals surface area contributed by atoms with Gasteiger partial charge in [0.05, 0.1) is 6.20 Å². The standard InChI is InChI=1S/C19H21N5/c1-15(17-11-7-4-8-12-17)21-18-13-20-23-19(22-18)24(2)14-16-9-5-3-6-10-16/h3-13,15H,14H2,1-2H3,(H,21,22,23). The Morgan fingerprint density at radius 3 is 2.38 bits per heavy atom. The Bertz CT molecular complexity index is 761. The van der Waals surface area contributed by atoms with Crippen LogP contribution in [0, 0.1) is 0 Å². The molecule has 0 aliphatic carbocycles. The number of benzene rings is 2. The summed E-state index contributed by atoms with van der Waals surface area (Å²) in [4.78, 5) is 6.56. The summed E-state index contributed by atoms with van der Waals surface area (Å²) in [5, 5.41) is 11.6. The second kappa shape index (κ2) is 7.55. The van der Waals surface area contributed by atoms with Gasteiger partial charge in [-0.15, -0.1) is 5.10 Å². The molecule has 3 aromatic rings. The summed E-state index contributed by atoms with van der Waals surface area (Å²) in [6.45, 7) is 2.84. The summed E-state index contributed by atoms with van der Waals surface area (Å²) in [6, 6.07) is 20.7. The zero-order chi connectivity index (χ0) is 16.8. The molecule has 5 heteroatoms. The molecule has 1 unspecified atom stereocenters. The maximum atomic E-state index is 4.58. The van der Waals surface area contributed by atoms with Crippen molar-refractivity contribution >= 4 is 11.8 Å². The van der Waals surface area contributed by atoms with Crippen LogP contribution in [0.4, 0.5) is 11.8 Å². The van der Waals surface area contributed by atoms with Gasteiger partial charge in [0.2, 0.25) is 5.95 Å². The predicted octanol–water partition coefficient (Wildman–Crippen LogP) is 3.68. The van der Waals surface area contributed by atoms with Crippen molar-refractivity contribution in [2.75, 3.05) is 17.3 Å². The van der Waals surface area contributed by atoms with E-state index in [1.54, 1.807) is 6.20 Å². The zero-order valence-electron chi connectivity index (χ0n) is 13.9. The highest BCUT2D eigenvalue weighted by atomic mass is 15.3. The molecular weight excluding hydrogens is 298 g/mol. The van der Waals surface area contributed by atoms with Crippen molar-refractivity contribution in [3.8, 4) is 0 Å². The van der Waals surface area contributed by atoms with Gasteiger partial charge in [0.1, 0.15) is 0 Å². The van der Waals surface area contributed by atoms with Crippen LogP contribution in [-0.2, 0) is 6.54 Å². The molecule has 24 heavy (non-hydrogen) atoms. The highest BCUT2D eigenvalue weighted by Gasteiger charge is 2.10. The van der Waals surface area contributed by atoms with Gasteiger partial charge in [0.15, 0.2) is 5.82 Å². The maximum Gasteiger partial charge on any atom is 0.247 e. The molecule has 5 nitrogen and oxygen atoms in total. The topological polar surface area (TPSA) is 53.9 Å². The lowest BCUT2D eigenvalue weighted by molar-refractivity contribution is 0.813. The number of hydrogen-bond acceptors (Lipinski definition) is 5. The van der Waals surface area contributed by atoms with E-state index in [0.29, 0.717) is 5.95 Å². The first-order valence-corrected chi connectivity index (χ1v) is 7.98. The molecule has 0 saturated heterocycles. The normalized spacial score (nSPS) is 11.8. The van der Waals surface area contributed by atoms with Gasteiger partial charge < -0.3 is 10.2 Å². The highest BCUT2D eigenvalue weighted by Crippen LogP contribution is 2.18. The average Bonchev–Trinajstić information content (AvgIpc) is 2.63. The fraction of sp³-hybridized carbons (Fsp3) is 0.211. The van der Waals surface area contributed by atoms with Gasteiger partial charge in [-0.25, -0.2) is 0 Å². The molecule has 0 saturated carbocycles. The van der Waals surface area contributed by atoms with Crippen LogP contribution >= 0.6 is 0 Å². The lowest BCUT2D eigenvalue weighted by Crippen LogP contribution is -2.20. The summed E-state index contributed by atoms with van der Waals surface area (Å²) in [5.41, 5.74) is 2.41. The average molecular weight is 319 g/mol. The smallest absolute Gasteiger partial charge is 0.247 e. The molecule has 0 fully saturated rings. The second-order valence-corrected chi connectivity index (χ2v) is 5.76. The van der Waals surface area contributed by atoms with E-state index in [1.165, 1.54) is 11.1 Å². The maximum absolute atomic E-state index is 4.58. The number of hydrogen-bond donors (Lipinski definition) is 1. The molecule has 1 N–H and O–H groups in total. The van der Waals surface area contributed by atoms with Crippen molar-refractivity contribution in [2.24, 2.45) is 0 Å². The van der Waals surface area contributed by atoms with Crippen LogP contribution in [-0.4, -0.2) is 22.2 Å². The van der Waals surface area contributed by atoms with Crippen molar-refractivity contribution in [2.45, 2.75) is 19.5 Å². The Labute approximate surface area is 142 Å². The third-order valence-electron chi connectivity index (χ3n) is 3.82. The number of aromatic nitrogens is 3. The number of anilines is 2. The molecule has 2 aromatic carbocycles. The minimum Gasteiger partial charge on any atom is -0.362 e. The van der Waals surface area contributed by atoms with Crippen molar-refractivity contribution in [3.63, 3.8) is 0 Å². The Balaban J connectivity index is 1.69. The molecule has 0 aliphatic rings. The van der Waals surface area contributed by atoms with Crippen LogP contribution in [0.1, 0.15) is 24.1 Å². The summed E-state index contributed by atoms with van der Waals surface area (Å²) in [6.07, 6.45) is 1.65. The van der Waals surface area contributed by atoms with Gasteiger partial charge in [-0.2, -0.15) is 10.1 Å². The van der Waals surface area contributed by atoms with Crippen molar-refractivity contribution in [1.29, 1.82) is 0 Å². The van der Waals surface area contributed by atoms with Crippen LogP contribution in [0.5, 0.6) is 0 Å². The Kier molecular flexibility index (Phi) is 5.01. The van der Waals surface area contributed by atoms with Gasteiger partial charge >= 0.3 is 0 Å². The van der Waals surface area contributed by atoms with Crippen molar-refractivity contribution in [1.82, 2.24) is 15.2 Å². The molecule has 1 heterocycles. The lowest BCUT2D eigenvalue weighted by atomic mass is 10.1. The molecule has 0 spiro atoms. The molecular formula is C19H21N5. The largest absolute Gasteiger partial charge is 0.362 e. The number of nitrogens with zero attached hydrogens (tertiary/aromatic N) is 4. The predicted molar refractivity (Wildman–Crippen MR) is 96.9 cm³/mol. The first kappa shape index (κ1) is 15.9. The fourth-order valence-electron chi connectivity index (χ4n) is 2.50.